The highest BCUT2D eigenvalue weighted by molar-refractivity contribution is 14.0. The van der Waals surface area contributed by atoms with Crippen LogP contribution in [-0.2, 0) is 11.3 Å². The number of amides is 1. The van der Waals surface area contributed by atoms with Gasteiger partial charge in [0.15, 0.2) is 5.96 Å². The SMILES string of the molecule is CCNC(=NCc1cccc(NC(=O)CN(C)C)c1)NC1CCN(C2CCCC2)C1.I. The number of aliphatic imine (C=N–C) groups is 1. The van der Waals surface area contributed by atoms with Gasteiger partial charge in [0.05, 0.1) is 13.1 Å². The highest BCUT2D eigenvalue weighted by Crippen LogP contribution is 2.26. The number of hydrogen-bond acceptors (Lipinski definition) is 4. The molecule has 0 radical (unpaired) electrons. The lowest BCUT2D eigenvalue weighted by Gasteiger charge is -2.24. The number of carbonyl (C=O) groups is 1. The molecule has 2 aliphatic rings. The van der Waals surface area contributed by atoms with Crippen molar-refractivity contribution in [3.05, 3.63) is 29.8 Å². The fraction of sp³-hybridized carbons (Fsp3) is 0.652. The fourth-order valence-corrected chi connectivity index (χ4v) is 4.43. The first kappa shape index (κ1) is 25.9. The summed E-state index contributed by atoms with van der Waals surface area (Å²) in [4.78, 5) is 21.3. The molecule has 0 spiro atoms. The first-order valence-electron chi connectivity index (χ1n) is 11.4. The van der Waals surface area contributed by atoms with Crippen LogP contribution >= 0.6 is 24.0 Å². The molecule has 3 rings (SSSR count). The first-order valence-corrected chi connectivity index (χ1v) is 11.4. The predicted octanol–water partition coefficient (Wildman–Crippen LogP) is 2.88. The Bertz CT molecular complexity index is 720. The van der Waals surface area contributed by atoms with E-state index in [-0.39, 0.29) is 29.9 Å². The largest absolute Gasteiger partial charge is 0.357 e. The van der Waals surface area contributed by atoms with Crippen LogP contribution in [0.25, 0.3) is 0 Å². The summed E-state index contributed by atoms with van der Waals surface area (Å²) in [6.45, 7) is 6.18. The minimum atomic E-state index is -0.0105. The Labute approximate surface area is 204 Å². The molecule has 7 nitrogen and oxygen atoms in total. The number of carbonyl (C=O) groups excluding carboxylic acids is 1. The fourth-order valence-electron chi connectivity index (χ4n) is 4.43. The number of nitrogens with zero attached hydrogens (tertiary/aromatic N) is 3. The highest BCUT2D eigenvalue weighted by atomic mass is 127. The molecule has 3 N–H and O–H groups in total. The second kappa shape index (κ2) is 13.2. The Morgan fingerprint density at radius 3 is 2.71 bits per heavy atom. The molecule has 0 aromatic heterocycles. The Hall–Kier alpha value is -1.39. The zero-order valence-corrected chi connectivity index (χ0v) is 21.5. The molecule has 1 aromatic carbocycles. The van der Waals surface area contributed by atoms with Crippen molar-refractivity contribution in [2.75, 3.05) is 45.6 Å². The number of halogens is 1. The number of likely N-dealkylation sites (N-methyl/N-ethyl adjacent to an activating group) is 1. The van der Waals surface area contributed by atoms with Gasteiger partial charge in [0, 0.05) is 37.4 Å². The zero-order valence-electron chi connectivity index (χ0n) is 19.2. The van der Waals surface area contributed by atoms with Crippen molar-refractivity contribution in [3.63, 3.8) is 0 Å². The number of anilines is 1. The van der Waals surface area contributed by atoms with Crippen molar-refractivity contribution in [2.24, 2.45) is 4.99 Å². The van der Waals surface area contributed by atoms with Crippen LogP contribution in [0.1, 0.15) is 44.6 Å². The van der Waals surface area contributed by atoms with Gasteiger partial charge in [-0.15, -0.1) is 24.0 Å². The van der Waals surface area contributed by atoms with Gasteiger partial charge in [-0.25, -0.2) is 4.99 Å². The second-order valence-electron chi connectivity index (χ2n) is 8.74. The van der Waals surface area contributed by atoms with Gasteiger partial charge >= 0.3 is 0 Å². The highest BCUT2D eigenvalue weighted by Gasteiger charge is 2.30. The summed E-state index contributed by atoms with van der Waals surface area (Å²) in [7, 11) is 3.77. The van der Waals surface area contributed by atoms with Crippen LogP contribution in [0.3, 0.4) is 0 Å². The summed E-state index contributed by atoms with van der Waals surface area (Å²) in [5.74, 6) is 0.863. The molecular weight excluding hydrogens is 503 g/mol. The predicted molar refractivity (Wildman–Crippen MR) is 139 cm³/mol. The quantitative estimate of drug-likeness (QED) is 0.268. The standard InChI is InChI=1S/C23H38N6O.HI/c1-4-24-23(27-20-12-13-29(16-20)21-10-5-6-11-21)25-15-18-8-7-9-19(14-18)26-22(30)17-28(2)3;/h7-9,14,20-21H,4-6,10-13,15-17H2,1-3H3,(H,26,30)(H2,24,25,27);1H. The third-order valence-corrected chi connectivity index (χ3v) is 5.84. The third kappa shape index (κ3) is 8.57. The van der Waals surface area contributed by atoms with E-state index in [1.165, 1.54) is 38.6 Å². The lowest BCUT2D eigenvalue weighted by atomic mass is 10.2. The molecule has 1 unspecified atom stereocenters. The molecule has 1 saturated carbocycles. The molecule has 1 aromatic rings. The topological polar surface area (TPSA) is 72.0 Å². The van der Waals surface area contributed by atoms with Crippen molar-refractivity contribution < 1.29 is 4.79 Å². The van der Waals surface area contributed by atoms with Crippen molar-refractivity contribution in [1.82, 2.24) is 20.4 Å². The smallest absolute Gasteiger partial charge is 0.238 e. The first-order chi connectivity index (χ1) is 14.5. The summed E-state index contributed by atoms with van der Waals surface area (Å²) in [5.41, 5.74) is 1.89. The van der Waals surface area contributed by atoms with E-state index in [1.807, 2.05) is 43.3 Å². The van der Waals surface area contributed by atoms with Crippen LogP contribution in [0.15, 0.2) is 29.3 Å². The number of benzene rings is 1. The van der Waals surface area contributed by atoms with Gasteiger partial charge in [0.2, 0.25) is 5.91 Å². The maximum atomic E-state index is 12.0. The molecule has 31 heavy (non-hydrogen) atoms. The van der Waals surface area contributed by atoms with Crippen LogP contribution in [0.4, 0.5) is 5.69 Å². The van der Waals surface area contributed by atoms with Crippen molar-refractivity contribution in [1.29, 1.82) is 0 Å². The van der Waals surface area contributed by atoms with E-state index in [0.29, 0.717) is 19.1 Å². The summed E-state index contributed by atoms with van der Waals surface area (Å²) in [6.07, 6.45) is 6.68. The number of likely N-dealkylation sites (tertiary alicyclic amines) is 1. The molecule has 1 aliphatic carbocycles. The van der Waals surface area contributed by atoms with Crippen LogP contribution < -0.4 is 16.0 Å². The van der Waals surface area contributed by atoms with E-state index < -0.39 is 0 Å². The number of nitrogens with one attached hydrogen (secondary N) is 3. The maximum Gasteiger partial charge on any atom is 0.238 e. The van der Waals surface area contributed by atoms with E-state index in [2.05, 4.69) is 27.8 Å². The van der Waals surface area contributed by atoms with Crippen LogP contribution in [0.5, 0.6) is 0 Å². The van der Waals surface area contributed by atoms with Crippen molar-refractivity contribution in [2.45, 2.75) is 57.7 Å². The van der Waals surface area contributed by atoms with E-state index in [0.717, 1.165) is 36.3 Å². The molecule has 2 fully saturated rings. The summed E-state index contributed by atoms with van der Waals surface area (Å²) in [5, 5.41) is 9.96. The molecule has 1 saturated heterocycles. The minimum absolute atomic E-state index is 0. The van der Waals surface area contributed by atoms with Gasteiger partial charge in [-0.2, -0.15) is 0 Å². The van der Waals surface area contributed by atoms with E-state index in [4.69, 9.17) is 4.99 Å². The minimum Gasteiger partial charge on any atom is -0.357 e. The van der Waals surface area contributed by atoms with Gasteiger partial charge in [-0.05, 0) is 58.0 Å². The third-order valence-electron chi connectivity index (χ3n) is 5.84. The normalized spacial score (nSPS) is 20.0. The van der Waals surface area contributed by atoms with Gasteiger partial charge in [-0.1, -0.05) is 25.0 Å². The lowest BCUT2D eigenvalue weighted by Crippen LogP contribution is -2.45. The summed E-state index contributed by atoms with van der Waals surface area (Å²) in [6, 6.07) is 9.18. The zero-order chi connectivity index (χ0) is 21.3. The Kier molecular flexibility index (Phi) is 11.0. The monoisotopic (exact) mass is 542 g/mol. The van der Waals surface area contributed by atoms with Gasteiger partial charge in [0.1, 0.15) is 0 Å². The van der Waals surface area contributed by atoms with Crippen molar-refractivity contribution in [3.8, 4) is 0 Å². The molecule has 1 heterocycles. The van der Waals surface area contributed by atoms with Gasteiger partial charge in [-0.3, -0.25) is 9.69 Å². The van der Waals surface area contributed by atoms with E-state index in [1.54, 1.807) is 0 Å². The van der Waals surface area contributed by atoms with Crippen molar-refractivity contribution >= 4 is 41.5 Å². The Morgan fingerprint density at radius 1 is 1.23 bits per heavy atom. The molecule has 1 atom stereocenters. The average molecular weight is 543 g/mol. The summed E-state index contributed by atoms with van der Waals surface area (Å²) < 4.78 is 0. The van der Waals surface area contributed by atoms with Crippen LogP contribution in [-0.4, -0.2) is 74.0 Å². The molecule has 1 amide bonds. The van der Waals surface area contributed by atoms with Gasteiger partial charge in [0.25, 0.3) is 0 Å². The average Bonchev–Trinajstić information content (AvgIpc) is 3.37. The van der Waals surface area contributed by atoms with Crippen LogP contribution in [0, 0.1) is 0 Å². The Balaban J connectivity index is 0.00000341. The summed E-state index contributed by atoms with van der Waals surface area (Å²) >= 11 is 0. The number of hydrogen-bond donors (Lipinski definition) is 3. The molecule has 1 aliphatic heterocycles. The van der Waals surface area contributed by atoms with Gasteiger partial charge < -0.3 is 20.9 Å². The number of rotatable bonds is 8. The number of guanidine groups is 1. The maximum absolute atomic E-state index is 12.0. The molecular formula is C23H39IN6O. The van der Waals surface area contributed by atoms with E-state index >= 15 is 0 Å². The molecule has 8 heteroatoms. The molecule has 174 valence electrons. The van der Waals surface area contributed by atoms with E-state index in [9.17, 15) is 4.79 Å². The van der Waals surface area contributed by atoms with Crippen LogP contribution in [0.2, 0.25) is 0 Å². The second-order valence-corrected chi connectivity index (χ2v) is 8.74. The Morgan fingerprint density at radius 2 is 2.00 bits per heavy atom. The molecule has 0 bridgehead atoms. The lowest BCUT2D eigenvalue weighted by molar-refractivity contribution is -0.116.